The van der Waals surface area contributed by atoms with Gasteiger partial charge in [0.25, 0.3) is 5.91 Å². The molecule has 1 aromatic carbocycles. The summed E-state index contributed by atoms with van der Waals surface area (Å²) in [7, 11) is 0. The molecule has 150 valence electrons. The Morgan fingerprint density at radius 3 is 2.30 bits per heavy atom. The molecule has 0 radical (unpaired) electrons. The van der Waals surface area contributed by atoms with Gasteiger partial charge in [-0.25, -0.2) is 0 Å². The minimum atomic E-state index is -0.433. The molecule has 0 bridgehead atoms. The lowest BCUT2D eigenvalue weighted by atomic mass is 9.81. The fourth-order valence-electron chi connectivity index (χ4n) is 4.05. The van der Waals surface area contributed by atoms with Gasteiger partial charge in [-0.3, -0.25) is 9.59 Å². The Balaban J connectivity index is 2.36. The number of carbonyl (C=O) groups excluding carboxylic acids is 2. The van der Waals surface area contributed by atoms with Crippen molar-refractivity contribution < 1.29 is 9.59 Å². The van der Waals surface area contributed by atoms with Crippen LogP contribution in [0.2, 0.25) is 0 Å². The third kappa shape index (κ3) is 5.82. The van der Waals surface area contributed by atoms with Gasteiger partial charge in [0.05, 0.1) is 0 Å². The lowest BCUT2D eigenvalue weighted by Crippen LogP contribution is -2.60. The van der Waals surface area contributed by atoms with Crippen LogP contribution in [0.5, 0.6) is 0 Å². The van der Waals surface area contributed by atoms with Gasteiger partial charge in [-0.2, -0.15) is 0 Å². The van der Waals surface area contributed by atoms with E-state index in [0.717, 1.165) is 38.5 Å². The van der Waals surface area contributed by atoms with Crippen molar-refractivity contribution in [2.75, 3.05) is 6.54 Å². The summed E-state index contributed by atoms with van der Waals surface area (Å²) in [5, 5.41) is 3.11. The second kappa shape index (κ2) is 9.91. The molecule has 1 atom stereocenters. The first kappa shape index (κ1) is 21.5. The molecule has 4 heteroatoms. The Morgan fingerprint density at radius 1 is 1.11 bits per heavy atom. The van der Waals surface area contributed by atoms with E-state index in [-0.39, 0.29) is 17.7 Å². The molecule has 1 aliphatic carbocycles. The number of rotatable bonds is 7. The molecule has 2 amide bonds. The zero-order chi connectivity index (χ0) is 19.9. The normalized spacial score (nSPS) is 16.6. The molecule has 2 rings (SSSR count). The first-order valence-corrected chi connectivity index (χ1v) is 10.5. The Kier molecular flexibility index (Phi) is 7.88. The van der Waals surface area contributed by atoms with Crippen LogP contribution in [0.4, 0.5) is 0 Å². The van der Waals surface area contributed by atoms with Crippen LogP contribution in [0, 0.1) is 5.92 Å². The SMILES string of the molecule is CCCCNC(=O)C(C1CCCCC1)N(C(=O)c1ccccc1)C(C)(C)C. The average molecular weight is 373 g/mol. The quantitative estimate of drug-likeness (QED) is 0.700. The number of nitrogens with zero attached hydrogens (tertiary/aromatic N) is 1. The Hall–Kier alpha value is -1.84. The lowest BCUT2D eigenvalue weighted by Gasteiger charge is -2.45. The molecular formula is C23H36N2O2. The third-order valence-electron chi connectivity index (χ3n) is 5.43. The molecule has 1 aromatic rings. The largest absolute Gasteiger partial charge is 0.354 e. The number of unbranched alkanes of at least 4 members (excludes halogenated alkanes) is 1. The molecular weight excluding hydrogens is 336 g/mol. The number of amides is 2. The van der Waals surface area contributed by atoms with E-state index >= 15 is 0 Å². The first-order valence-electron chi connectivity index (χ1n) is 10.5. The summed E-state index contributed by atoms with van der Waals surface area (Å²) < 4.78 is 0. The zero-order valence-corrected chi connectivity index (χ0v) is 17.5. The van der Waals surface area contributed by atoms with Gasteiger partial charge in [0, 0.05) is 17.6 Å². The lowest BCUT2D eigenvalue weighted by molar-refractivity contribution is -0.130. The topological polar surface area (TPSA) is 49.4 Å². The van der Waals surface area contributed by atoms with E-state index in [1.54, 1.807) is 0 Å². The summed E-state index contributed by atoms with van der Waals surface area (Å²) in [5.74, 6) is 0.186. The van der Waals surface area contributed by atoms with E-state index in [9.17, 15) is 9.59 Å². The molecule has 1 aliphatic rings. The van der Waals surface area contributed by atoms with Crippen LogP contribution in [-0.4, -0.2) is 34.8 Å². The van der Waals surface area contributed by atoms with Gasteiger partial charge >= 0.3 is 0 Å². The molecule has 0 heterocycles. The van der Waals surface area contributed by atoms with Crippen LogP contribution in [0.1, 0.15) is 83.0 Å². The number of benzene rings is 1. The smallest absolute Gasteiger partial charge is 0.254 e. The summed E-state index contributed by atoms with van der Waals surface area (Å²) in [6.45, 7) is 8.89. The van der Waals surface area contributed by atoms with Crippen molar-refractivity contribution in [3.63, 3.8) is 0 Å². The molecule has 1 N–H and O–H groups in total. The number of hydrogen-bond acceptors (Lipinski definition) is 2. The number of hydrogen-bond donors (Lipinski definition) is 1. The van der Waals surface area contributed by atoms with Gasteiger partial charge in [-0.05, 0) is 58.1 Å². The first-order chi connectivity index (χ1) is 12.9. The maximum Gasteiger partial charge on any atom is 0.254 e. The standard InChI is InChI=1S/C23H36N2O2/c1-5-6-17-24-21(26)20(18-13-9-7-10-14-18)25(23(2,3)4)22(27)19-15-11-8-12-16-19/h8,11-12,15-16,18,20H,5-7,9-10,13-14,17H2,1-4H3,(H,24,26). The highest BCUT2D eigenvalue weighted by molar-refractivity contribution is 5.98. The van der Waals surface area contributed by atoms with Gasteiger partial charge in [-0.15, -0.1) is 0 Å². The molecule has 0 aliphatic heterocycles. The summed E-state index contributed by atoms with van der Waals surface area (Å²) >= 11 is 0. The fraction of sp³-hybridized carbons (Fsp3) is 0.652. The molecule has 1 unspecified atom stereocenters. The van der Waals surface area contributed by atoms with Crippen molar-refractivity contribution in [2.24, 2.45) is 5.92 Å². The monoisotopic (exact) mass is 372 g/mol. The van der Waals surface area contributed by atoms with E-state index in [1.165, 1.54) is 6.42 Å². The summed E-state index contributed by atoms with van der Waals surface area (Å²) in [6, 6.07) is 8.95. The number of nitrogens with one attached hydrogen (secondary N) is 1. The van der Waals surface area contributed by atoms with E-state index in [0.29, 0.717) is 12.1 Å². The average Bonchev–Trinajstić information content (AvgIpc) is 2.66. The highest BCUT2D eigenvalue weighted by Gasteiger charge is 2.42. The fourth-order valence-corrected chi connectivity index (χ4v) is 4.05. The van der Waals surface area contributed by atoms with Gasteiger partial charge in [0.2, 0.25) is 5.91 Å². The maximum atomic E-state index is 13.5. The van der Waals surface area contributed by atoms with Crippen molar-refractivity contribution in [1.82, 2.24) is 10.2 Å². The molecule has 0 saturated heterocycles. The highest BCUT2D eigenvalue weighted by Crippen LogP contribution is 2.33. The minimum absolute atomic E-state index is 0.00885. The van der Waals surface area contributed by atoms with E-state index in [4.69, 9.17) is 0 Å². The molecule has 1 fully saturated rings. The molecule has 0 spiro atoms. The van der Waals surface area contributed by atoms with Crippen molar-refractivity contribution >= 4 is 11.8 Å². The van der Waals surface area contributed by atoms with Crippen LogP contribution in [0.25, 0.3) is 0 Å². The van der Waals surface area contributed by atoms with Gasteiger partial charge in [0.1, 0.15) is 6.04 Å². The molecule has 4 nitrogen and oxygen atoms in total. The summed E-state index contributed by atoms with van der Waals surface area (Å²) in [5.41, 5.74) is 0.214. The Morgan fingerprint density at radius 2 is 1.74 bits per heavy atom. The van der Waals surface area contributed by atoms with Crippen LogP contribution in [-0.2, 0) is 4.79 Å². The van der Waals surface area contributed by atoms with Gasteiger partial charge in [-0.1, -0.05) is 50.8 Å². The van der Waals surface area contributed by atoms with Crippen molar-refractivity contribution in [2.45, 2.75) is 84.2 Å². The van der Waals surface area contributed by atoms with Crippen LogP contribution < -0.4 is 5.32 Å². The predicted octanol–water partition coefficient (Wildman–Crippen LogP) is 4.79. The van der Waals surface area contributed by atoms with Crippen LogP contribution >= 0.6 is 0 Å². The van der Waals surface area contributed by atoms with Crippen LogP contribution in [0.3, 0.4) is 0 Å². The Labute approximate surface area is 164 Å². The second-order valence-corrected chi connectivity index (χ2v) is 8.70. The van der Waals surface area contributed by atoms with Crippen molar-refractivity contribution in [3.8, 4) is 0 Å². The van der Waals surface area contributed by atoms with Crippen molar-refractivity contribution in [1.29, 1.82) is 0 Å². The molecule has 0 aromatic heterocycles. The highest BCUT2D eigenvalue weighted by atomic mass is 16.2. The van der Waals surface area contributed by atoms with E-state index in [1.807, 2.05) is 56.0 Å². The third-order valence-corrected chi connectivity index (χ3v) is 5.43. The molecule has 27 heavy (non-hydrogen) atoms. The second-order valence-electron chi connectivity index (χ2n) is 8.70. The van der Waals surface area contributed by atoms with E-state index in [2.05, 4.69) is 12.2 Å². The minimum Gasteiger partial charge on any atom is -0.354 e. The summed E-state index contributed by atoms with van der Waals surface area (Å²) in [4.78, 5) is 28.5. The maximum absolute atomic E-state index is 13.5. The Bertz CT molecular complexity index is 601. The van der Waals surface area contributed by atoms with Crippen LogP contribution in [0.15, 0.2) is 30.3 Å². The predicted molar refractivity (Wildman–Crippen MR) is 111 cm³/mol. The van der Waals surface area contributed by atoms with Crippen molar-refractivity contribution in [3.05, 3.63) is 35.9 Å². The molecule has 1 saturated carbocycles. The van der Waals surface area contributed by atoms with Gasteiger partial charge in [0.15, 0.2) is 0 Å². The van der Waals surface area contributed by atoms with E-state index < -0.39 is 11.6 Å². The van der Waals surface area contributed by atoms with Gasteiger partial charge < -0.3 is 10.2 Å². The summed E-state index contributed by atoms with van der Waals surface area (Å²) in [6.07, 6.45) is 7.54. The number of carbonyl (C=O) groups is 2. The zero-order valence-electron chi connectivity index (χ0n) is 17.5.